The highest BCUT2D eigenvalue weighted by Gasteiger charge is 2.20. The van der Waals surface area contributed by atoms with Crippen LogP contribution < -0.4 is 10.6 Å². The Morgan fingerprint density at radius 1 is 1.23 bits per heavy atom. The van der Waals surface area contributed by atoms with Crippen LogP contribution in [0, 0.1) is 5.82 Å². The predicted molar refractivity (Wildman–Crippen MR) is 115 cm³/mol. The molecule has 1 saturated heterocycles. The van der Waals surface area contributed by atoms with E-state index in [-0.39, 0.29) is 41.3 Å². The first kappa shape index (κ1) is 23.1. The first-order valence-corrected chi connectivity index (χ1v) is 10.5. The Morgan fingerprint density at radius 2 is 1.92 bits per heavy atom. The van der Waals surface area contributed by atoms with Crippen LogP contribution in [0.4, 0.5) is 4.39 Å². The van der Waals surface area contributed by atoms with Crippen molar-refractivity contribution >= 4 is 39.8 Å². The molecule has 148 valence electrons. The van der Waals surface area contributed by atoms with Crippen LogP contribution in [0.25, 0.3) is 0 Å². The summed E-state index contributed by atoms with van der Waals surface area (Å²) in [6, 6.07) is 6.76. The van der Waals surface area contributed by atoms with Crippen LogP contribution in [0.3, 0.4) is 0 Å². The molecule has 0 atom stereocenters. The van der Waals surface area contributed by atoms with Gasteiger partial charge in [0.15, 0.2) is 15.8 Å². The Morgan fingerprint density at radius 3 is 2.58 bits per heavy atom. The molecule has 0 spiro atoms. The third-order valence-electron chi connectivity index (χ3n) is 4.11. The average molecular weight is 498 g/mol. The Labute approximate surface area is 172 Å². The standard InChI is InChI=1S/C17H27FN4O2S.HI/c1-2-19-17(20-8-7-15-5-3-4-6-16(15)18)21-9-10-22-11-13-25(23,24)14-12-22;/h3-6H,2,7-14H2,1H3,(H2,19,20,21);1H. The molecule has 6 nitrogen and oxygen atoms in total. The summed E-state index contributed by atoms with van der Waals surface area (Å²) in [5.74, 6) is 0.977. The zero-order valence-corrected chi connectivity index (χ0v) is 18.2. The van der Waals surface area contributed by atoms with Gasteiger partial charge in [-0.1, -0.05) is 18.2 Å². The van der Waals surface area contributed by atoms with Gasteiger partial charge in [-0.3, -0.25) is 9.89 Å². The molecular formula is C17H28FIN4O2S. The lowest BCUT2D eigenvalue weighted by Gasteiger charge is -2.25. The van der Waals surface area contributed by atoms with E-state index in [1.807, 2.05) is 13.0 Å². The molecule has 2 rings (SSSR count). The van der Waals surface area contributed by atoms with Crippen LogP contribution in [0.2, 0.25) is 0 Å². The number of nitrogens with zero attached hydrogens (tertiary/aromatic N) is 2. The summed E-state index contributed by atoms with van der Waals surface area (Å²) in [7, 11) is -2.84. The minimum atomic E-state index is -2.84. The van der Waals surface area contributed by atoms with Gasteiger partial charge in [-0.15, -0.1) is 24.0 Å². The predicted octanol–water partition coefficient (Wildman–Crippen LogP) is 1.27. The number of halogens is 2. The van der Waals surface area contributed by atoms with E-state index in [1.54, 1.807) is 12.1 Å². The summed E-state index contributed by atoms with van der Waals surface area (Å²) < 4.78 is 36.4. The maximum atomic E-state index is 13.6. The van der Waals surface area contributed by atoms with Crippen LogP contribution in [0.15, 0.2) is 29.3 Å². The number of nitrogens with one attached hydrogen (secondary N) is 2. The molecule has 1 aliphatic heterocycles. The average Bonchev–Trinajstić information content (AvgIpc) is 2.58. The monoisotopic (exact) mass is 498 g/mol. The molecule has 0 unspecified atom stereocenters. The van der Waals surface area contributed by atoms with Crippen molar-refractivity contribution in [1.29, 1.82) is 0 Å². The van der Waals surface area contributed by atoms with Crippen LogP contribution in [0.5, 0.6) is 0 Å². The number of aliphatic imine (C=N–C) groups is 1. The van der Waals surface area contributed by atoms with Crippen molar-refractivity contribution < 1.29 is 12.8 Å². The van der Waals surface area contributed by atoms with E-state index in [1.165, 1.54) is 6.07 Å². The summed E-state index contributed by atoms with van der Waals surface area (Å²) in [4.78, 5) is 6.63. The second-order valence-corrected chi connectivity index (χ2v) is 8.33. The summed E-state index contributed by atoms with van der Waals surface area (Å²) in [6.07, 6.45) is 0.584. The fourth-order valence-corrected chi connectivity index (χ4v) is 3.91. The maximum Gasteiger partial charge on any atom is 0.191 e. The van der Waals surface area contributed by atoms with Gasteiger partial charge in [-0.05, 0) is 25.0 Å². The van der Waals surface area contributed by atoms with Gasteiger partial charge in [0.25, 0.3) is 0 Å². The minimum absolute atomic E-state index is 0. The first-order chi connectivity index (χ1) is 12.0. The third-order valence-corrected chi connectivity index (χ3v) is 5.72. The quantitative estimate of drug-likeness (QED) is 0.337. The Balaban J connectivity index is 0.00000338. The molecule has 0 radical (unpaired) electrons. The van der Waals surface area contributed by atoms with Crippen molar-refractivity contribution in [3.8, 4) is 0 Å². The van der Waals surface area contributed by atoms with E-state index in [0.717, 1.165) is 13.1 Å². The first-order valence-electron chi connectivity index (χ1n) is 8.68. The molecule has 1 fully saturated rings. The van der Waals surface area contributed by atoms with E-state index in [9.17, 15) is 12.8 Å². The van der Waals surface area contributed by atoms with Crippen LogP contribution in [0.1, 0.15) is 12.5 Å². The summed E-state index contributed by atoms with van der Waals surface area (Å²) in [5, 5.41) is 6.37. The molecule has 1 aromatic carbocycles. The van der Waals surface area contributed by atoms with Crippen molar-refractivity contribution in [2.75, 3.05) is 50.8 Å². The number of hydrogen-bond acceptors (Lipinski definition) is 4. The second-order valence-electron chi connectivity index (χ2n) is 6.02. The van der Waals surface area contributed by atoms with E-state index >= 15 is 0 Å². The van der Waals surface area contributed by atoms with Gasteiger partial charge in [0.1, 0.15) is 5.82 Å². The number of hydrogen-bond donors (Lipinski definition) is 2. The lowest BCUT2D eigenvalue weighted by atomic mass is 10.1. The fraction of sp³-hybridized carbons (Fsp3) is 0.588. The lowest BCUT2D eigenvalue weighted by Crippen LogP contribution is -2.42. The van der Waals surface area contributed by atoms with Gasteiger partial charge >= 0.3 is 0 Å². The van der Waals surface area contributed by atoms with Gasteiger partial charge in [0.05, 0.1) is 18.1 Å². The third kappa shape index (κ3) is 8.17. The van der Waals surface area contributed by atoms with E-state index in [0.29, 0.717) is 44.1 Å². The largest absolute Gasteiger partial charge is 0.357 e. The van der Waals surface area contributed by atoms with E-state index < -0.39 is 9.84 Å². The van der Waals surface area contributed by atoms with Crippen molar-refractivity contribution in [1.82, 2.24) is 15.5 Å². The van der Waals surface area contributed by atoms with Gasteiger partial charge in [-0.2, -0.15) is 0 Å². The number of benzene rings is 1. The normalized spacial score (nSPS) is 17.4. The van der Waals surface area contributed by atoms with Crippen LogP contribution in [-0.4, -0.2) is 70.1 Å². The van der Waals surface area contributed by atoms with Crippen LogP contribution in [-0.2, 0) is 16.3 Å². The zero-order chi connectivity index (χ0) is 18.1. The molecule has 26 heavy (non-hydrogen) atoms. The molecule has 9 heteroatoms. The summed E-state index contributed by atoms with van der Waals surface area (Å²) in [5.41, 5.74) is 0.681. The van der Waals surface area contributed by atoms with Gasteiger partial charge in [0, 0.05) is 32.7 Å². The molecule has 1 aliphatic rings. The zero-order valence-electron chi connectivity index (χ0n) is 15.1. The molecule has 0 bridgehead atoms. The van der Waals surface area contributed by atoms with Gasteiger partial charge in [-0.25, -0.2) is 12.8 Å². The maximum absolute atomic E-state index is 13.6. The molecule has 0 aromatic heterocycles. The molecule has 0 amide bonds. The van der Waals surface area contributed by atoms with Crippen LogP contribution >= 0.6 is 24.0 Å². The number of rotatable bonds is 7. The molecule has 1 aromatic rings. The van der Waals surface area contributed by atoms with Crippen molar-refractivity contribution in [2.24, 2.45) is 4.99 Å². The molecule has 2 N–H and O–H groups in total. The fourth-order valence-electron chi connectivity index (χ4n) is 2.64. The summed E-state index contributed by atoms with van der Waals surface area (Å²) >= 11 is 0. The SMILES string of the molecule is CCNC(=NCCN1CCS(=O)(=O)CC1)NCCc1ccccc1F.I. The van der Waals surface area contributed by atoms with Crippen molar-refractivity contribution in [3.05, 3.63) is 35.6 Å². The Hall–Kier alpha value is -0.940. The molecular weight excluding hydrogens is 470 g/mol. The van der Waals surface area contributed by atoms with E-state index in [2.05, 4.69) is 20.5 Å². The van der Waals surface area contributed by atoms with Crippen molar-refractivity contribution in [3.63, 3.8) is 0 Å². The highest BCUT2D eigenvalue weighted by molar-refractivity contribution is 14.0. The van der Waals surface area contributed by atoms with Crippen molar-refractivity contribution in [2.45, 2.75) is 13.3 Å². The smallest absolute Gasteiger partial charge is 0.191 e. The highest BCUT2D eigenvalue weighted by Crippen LogP contribution is 2.06. The molecule has 1 heterocycles. The topological polar surface area (TPSA) is 73.8 Å². The lowest BCUT2D eigenvalue weighted by molar-refractivity contribution is 0.304. The van der Waals surface area contributed by atoms with E-state index in [4.69, 9.17) is 0 Å². The molecule has 0 aliphatic carbocycles. The van der Waals surface area contributed by atoms with Gasteiger partial charge in [0.2, 0.25) is 0 Å². The minimum Gasteiger partial charge on any atom is -0.357 e. The second kappa shape index (κ2) is 11.7. The number of sulfone groups is 1. The summed E-state index contributed by atoms with van der Waals surface area (Å²) in [6.45, 7) is 5.81. The van der Waals surface area contributed by atoms with Gasteiger partial charge < -0.3 is 10.6 Å². The Bertz CT molecular complexity index is 671. The Kier molecular flexibility index (Phi) is 10.4. The molecule has 0 saturated carbocycles. The highest BCUT2D eigenvalue weighted by atomic mass is 127. The number of guanidine groups is 1.